The number of nitrogens with zero attached hydrogens (tertiary/aromatic N) is 1. The number of unbranched alkanes of at least 4 members (excludes halogenated alkanes) is 9. The van der Waals surface area contributed by atoms with E-state index in [1.807, 2.05) is 0 Å². The molecule has 2 N–H and O–H groups in total. The van der Waals surface area contributed by atoms with Crippen molar-refractivity contribution in [2.24, 2.45) is 5.73 Å². The standard InChI is InChI=1S/C14H31N.C3H7NO.BrH/c1-4-5-6-7-8-9-10-11-12-13-14-15(2)3;4-1-3-2-5-3;/h4-14H2,1-3H3;3H,1-2,4H2;1H. The van der Waals surface area contributed by atoms with Crippen molar-refractivity contribution in [3.8, 4) is 0 Å². The first-order valence-electron chi connectivity index (χ1n) is 8.67. The predicted octanol–water partition coefficient (Wildman–Crippen LogP) is 4.39. The van der Waals surface area contributed by atoms with E-state index in [1.165, 1.54) is 70.8 Å². The van der Waals surface area contributed by atoms with Gasteiger partial charge < -0.3 is 15.4 Å². The summed E-state index contributed by atoms with van der Waals surface area (Å²) in [6, 6.07) is 0. The second-order valence-corrected chi connectivity index (χ2v) is 6.18. The van der Waals surface area contributed by atoms with Crippen LogP contribution in [0.5, 0.6) is 0 Å². The van der Waals surface area contributed by atoms with Gasteiger partial charge in [0.15, 0.2) is 0 Å². The van der Waals surface area contributed by atoms with E-state index in [2.05, 4.69) is 25.9 Å². The minimum atomic E-state index is 0. The molecule has 1 fully saturated rings. The van der Waals surface area contributed by atoms with E-state index >= 15 is 0 Å². The first-order valence-corrected chi connectivity index (χ1v) is 8.67. The lowest BCUT2D eigenvalue weighted by molar-refractivity contribution is 0.389. The Morgan fingerprint density at radius 2 is 1.33 bits per heavy atom. The van der Waals surface area contributed by atoms with Crippen LogP contribution in [0, 0.1) is 0 Å². The Hall–Kier alpha value is 0.360. The van der Waals surface area contributed by atoms with Gasteiger partial charge in [-0.15, -0.1) is 17.0 Å². The van der Waals surface area contributed by atoms with Crippen molar-refractivity contribution in [1.82, 2.24) is 4.90 Å². The molecule has 0 bridgehead atoms. The monoisotopic (exact) mass is 366 g/mol. The van der Waals surface area contributed by atoms with E-state index in [9.17, 15) is 0 Å². The molecule has 1 aliphatic rings. The van der Waals surface area contributed by atoms with Gasteiger partial charge in [-0.1, -0.05) is 64.7 Å². The van der Waals surface area contributed by atoms with Crippen LogP contribution in [0.4, 0.5) is 0 Å². The maximum Gasteiger partial charge on any atom is 0.0931 e. The number of halogens is 1. The number of hydrogen-bond donors (Lipinski definition) is 1. The lowest BCUT2D eigenvalue weighted by atomic mass is 10.1. The molecule has 0 aromatic heterocycles. The molecule has 0 saturated carbocycles. The number of rotatable bonds is 12. The van der Waals surface area contributed by atoms with Gasteiger partial charge in [-0.05, 0) is 27.1 Å². The molecule has 1 saturated heterocycles. The Morgan fingerprint density at radius 3 is 1.62 bits per heavy atom. The van der Waals surface area contributed by atoms with E-state index in [1.54, 1.807) is 0 Å². The van der Waals surface area contributed by atoms with Gasteiger partial charge in [0, 0.05) is 6.54 Å². The summed E-state index contributed by atoms with van der Waals surface area (Å²) in [5, 5.41) is 0. The molecule has 1 heterocycles. The average molecular weight is 367 g/mol. The lowest BCUT2D eigenvalue weighted by Gasteiger charge is -2.08. The summed E-state index contributed by atoms with van der Waals surface area (Å²) >= 11 is 0. The van der Waals surface area contributed by atoms with Crippen molar-refractivity contribution in [2.45, 2.75) is 77.2 Å². The molecule has 1 rings (SSSR count). The Kier molecular flexibility index (Phi) is 20.7. The zero-order chi connectivity index (χ0) is 15.1. The van der Waals surface area contributed by atoms with E-state index in [0.29, 0.717) is 12.6 Å². The van der Waals surface area contributed by atoms with Gasteiger partial charge in [0.1, 0.15) is 0 Å². The Morgan fingerprint density at radius 1 is 0.905 bits per heavy atom. The van der Waals surface area contributed by atoms with Crippen LogP contribution in [0.1, 0.15) is 71.1 Å². The Labute approximate surface area is 143 Å². The largest absolute Gasteiger partial charge is 0.372 e. The van der Waals surface area contributed by atoms with Crippen LogP contribution in [0.3, 0.4) is 0 Å². The molecule has 21 heavy (non-hydrogen) atoms. The third kappa shape index (κ3) is 22.8. The fourth-order valence-electron chi connectivity index (χ4n) is 2.12. The molecule has 0 amide bonds. The number of nitrogens with two attached hydrogens (primary N) is 1. The summed E-state index contributed by atoms with van der Waals surface area (Å²) in [4.78, 5) is 2.28. The molecular formula is C17H39BrN2O. The van der Waals surface area contributed by atoms with Gasteiger partial charge in [-0.2, -0.15) is 0 Å². The van der Waals surface area contributed by atoms with Crippen molar-refractivity contribution >= 4 is 17.0 Å². The topological polar surface area (TPSA) is 41.8 Å². The molecule has 0 spiro atoms. The van der Waals surface area contributed by atoms with Crippen molar-refractivity contribution < 1.29 is 4.74 Å². The van der Waals surface area contributed by atoms with Crippen LogP contribution in [0.15, 0.2) is 0 Å². The molecule has 0 aromatic carbocycles. The molecule has 130 valence electrons. The zero-order valence-electron chi connectivity index (χ0n) is 14.6. The molecule has 3 nitrogen and oxygen atoms in total. The zero-order valence-corrected chi connectivity index (χ0v) is 16.3. The van der Waals surface area contributed by atoms with Gasteiger partial charge in [-0.3, -0.25) is 0 Å². The molecule has 0 radical (unpaired) electrons. The smallest absolute Gasteiger partial charge is 0.0931 e. The fraction of sp³-hybridized carbons (Fsp3) is 1.00. The van der Waals surface area contributed by atoms with E-state index in [-0.39, 0.29) is 17.0 Å². The van der Waals surface area contributed by atoms with Gasteiger partial charge in [0.2, 0.25) is 0 Å². The van der Waals surface area contributed by atoms with E-state index in [4.69, 9.17) is 10.5 Å². The molecule has 1 atom stereocenters. The van der Waals surface area contributed by atoms with Crippen LogP contribution in [-0.2, 0) is 4.74 Å². The molecule has 4 heteroatoms. The summed E-state index contributed by atoms with van der Waals surface area (Å²) in [7, 11) is 4.32. The second kappa shape index (κ2) is 18.4. The quantitative estimate of drug-likeness (QED) is 0.411. The number of hydrogen-bond acceptors (Lipinski definition) is 3. The highest BCUT2D eigenvalue weighted by Gasteiger charge is 2.18. The summed E-state index contributed by atoms with van der Waals surface area (Å²) in [5.74, 6) is 0. The first kappa shape index (κ1) is 23.6. The third-order valence-electron chi connectivity index (χ3n) is 3.62. The van der Waals surface area contributed by atoms with Crippen molar-refractivity contribution in [3.05, 3.63) is 0 Å². The van der Waals surface area contributed by atoms with Gasteiger partial charge in [0.25, 0.3) is 0 Å². The second-order valence-electron chi connectivity index (χ2n) is 6.18. The molecule has 1 unspecified atom stereocenters. The van der Waals surface area contributed by atoms with Crippen LogP contribution in [0.2, 0.25) is 0 Å². The van der Waals surface area contributed by atoms with Gasteiger partial charge in [0.05, 0.1) is 12.7 Å². The molecule has 1 aliphatic heterocycles. The normalized spacial score (nSPS) is 16.1. The fourth-order valence-corrected chi connectivity index (χ4v) is 2.12. The summed E-state index contributed by atoms with van der Waals surface area (Å²) < 4.78 is 4.73. The predicted molar refractivity (Wildman–Crippen MR) is 99.5 cm³/mol. The number of ether oxygens (including phenoxy) is 1. The minimum absolute atomic E-state index is 0. The van der Waals surface area contributed by atoms with Crippen LogP contribution in [-0.4, -0.2) is 44.8 Å². The van der Waals surface area contributed by atoms with Crippen molar-refractivity contribution in [2.75, 3.05) is 33.8 Å². The van der Waals surface area contributed by atoms with E-state index < -0.39 is 0 Å². The summed E-state index contributed by atoms with van der Waals surface area (Å²) in [6.45, 7) is 5.12. The van der Waals surface area contributed by atoms with E-state index in [0.717, 1.165) is 6.61 Å². The average Bonchev–Trinajstić information content (AvgIpc) is 3.25. The third-order valence-corrected chi connectivity index (χ3v) is 3.62. The van der Waals surface area contributed by atoms with Crippen LogP contribution < -0.4 is 5.73 Å². The summed E-state index contributed by atoms with van der Waals surface area (Å²) in [5.41, 5.74) is 5.11. The highest BCUT2D eigenvalue weighted by atomic mass is 79.9. The Balaban J connectivity index is 0. The van der Waals surface area contributed by atoms with Gasteiger partial charge in [-0.25, -0.2) is 0 Å². The molecule has 0 aromatic rings. The van der Waals surface area contributed by atoms with Crippen LogP contribution in [0.25, 0.3) is 0 Å². The van der Waals surface area contributed by atoms with Crippen LogP contribution >= 0.6 is 17.0 Å². The van der Waals surface area contributed by atoms with Crippen molar-refractivity contribution in [3.63, 3.8) is 0 Å². The SMILES string of the molecule is Br.CCCCCCCCCCCCN(C)C.NCC1CO1. The molecular weight excluding hydrogens is 328 g/mol. The summed E-state index contributed by atoms with van der Waals surface area (Å²) in [6.07, 6.45) is 14.8. The maximum atomic E-state index is 5.11. The lowest BCUT2D eigenvalue weighted by Crippen LogP contribution is -2.12. The maximum absolute atomic E-state index is 5.11. The van der Waals surface area contributed by atoms with Crippen molar-refractivity contribution in [1.29, 1.82) is 0 Å². The Bertz CT molecular complexity index is 188. The highest BCUT2D eigenvalue weighted by Crippen LogP contribution is 2.10. The first-order chi connectivity index (χ1) is 9.70. The molecule has 0 aliphatic carbocycles. The highest BCUT2D eigenvalue weighted by molar-refractivity contribution is 8.93. The minimum Gasteiger partial charge on any atom is -0.372 e. The van der Waals surface area contributed by atoms with Gasteiger partial charge >= 0.3 is 0 Å². The number of epoxide rings is 1.